The minimum absolute atomic E-state index is 0.219. The van der Waals surface area contributed by atoms with Gasteiger partial charge < -0.3 is 0 Å². The van der Waals surface area contributed by atoms with Crippen LogP contribution >= 0.6 is 25.3 Å². The Morgan fingerprint density at radius 1 is 1.30 bits per heavy atom. The number of rotatable bonds is 0. The van der Waals surface area contributed by atoms with E-state index in [0.717, 1.165) is 6.42 Å². The fourth-order valence-electron chi connectivity index (χ4n) is 0.984. The number of hydrogen-bond donors (Lipinski definition) is 2. The summed E-state index contributed by atoms with van der Waals surface area (Å²) in [6.07, 6.45) is 5.19. The predicted octanol–water partition coefficient (Wildman–Crippen LogP) is 2.84. The van der Waals surface area contributed by atoms with Gasteiger partial charge in [0.25, 0.3) is 0 Å². The van der Waals surface area contributed by atoms with Gasteiger partial charge in [-0.05, 0) is 20.3 Å². The third kappa shape index (κ3) is 1.83. The van der Waals surface area contributed by atoms with Gasteiger partial charge in [0.2, 0.25) is 0 Å². The van der Waals surface area contributed by atoms with E-state index in [1.165, 1.54) is 11.1 Å². The van der Waals surface area contributed by atoms with Crippen molar-refractivity contribution < 1.29 is 0 Å². The monoisotopic (exact) mass is 172 g/mol. The molecule has 0 aromatic heterocycles. The molecule has 0 aliphatic heterocycles. The first-order chi connectivity index (χ1) is 4.51. The molecule has 1 rings (SSSR count). The second-order valence-electron chi connectivity index (χ2n) is 2.80. The highest BCUT2D eigenvalue weighted by molar-refractivity contribution is 8.00. The average Bonchev–Trinajstić information content (AvgIpc) is 1.79. The molecule has 0 aromatic carbocycles. The summed E-state index contributed by atoms with van der Waals surface area (Å²) in [4.78, 5) is 0. The molecule has 0 unspecified atom stereocenters. The Kier molecular flexibility index (Phi) is 2.21. The molecule has 0 atom stereocenters. The molecule has 1 aliphatic rings. The highest BCUT2D eigenvalue weighted by Gasteiger charge is 2.19. The van der Waals surface area contributed by atoms with Gasteiger partial charge in [-0.15, -0.1) is 0 Å². The van der Waals surface area contributed by atoms with E-state index in [2.05, 4.69) is 51.3 Å². The van der Waals surface area contributed by atoms with Crippen molar-refractivity contribution >= 4 is 25.3 Å². The van der Waals surface area contributed by atoms with Crippen LogP contribution in [0.2, 0.25) is 0 Å². The zero-order valence-corrected chi connectivity index (χ0v) is 8.05. The third-order valence-corrected chi connectivity index (χ3v) is 2.40. The van der Waals surface area contributed by atoms with E-state index >= 15 is 0 Å². The van der Waals surface area contributed by atoms with Crippen molar-refractivity contribution in [2.24, 2.45) is 0 Å². The average molecular weight is 172 g/mol. The first-order valence-corrected chi connectivity index (χ1v) is 4.22. The predicted molar refractivity (Wildman–Crippen MR) is 52.8 cm³/mol. The quantitative estimate of drug-likeness (QED) is 0.407. The van der Waals surface area contributed by atoms with Gasteiger partial charge in [-0.25, -0.2) is 0 Å². The number of thiol groups is 2. The molecule has 0 N–H and O–H groups in total. The summed E-state index contributed by atoms with van der Waals surface area (Å²) >= 11 is 8.72. The Labute approximate surface area is 73.2 Å². The van der Waals surface area contributed by atoms with Gasteiger partial charge in [0.05, 0.1) is 4.08 Å². The van der Waals surface area contributed by atoms with Crippen LogP contribution in [-0.2, 0) is 0 Å². The molecule has 0 heterocycles. The van der Waals surface area contributed by atoms with Crippen molar-refractivity contribution in [3.8, 4) is 0 Å². The molecular weight excluding hydrogens is 160 g/mol. The summed E-state index contributed by atoms with van der Waals surface area (Å²) < 4.78 is -0.219. The summed E-state index contributed by atoms with van der Waals surface area (Å²) in [6, 6.07) is 0. The molecule has 0 spiro atoms. The van der Waals surface area contributed by atoms with Gasteiger partial charge in [0.1, 0.15) is 0 Å². The second-order valence-corrected chi connectivity index (χ2v) is 4.75. The van der Waals surface area contributed by atoms with Gasteiger partial charge in [-0.2, -0.15) is 25.3 Å². The van der Waals surface area contributed by atoms with E-state index in [4.69, 9.17) is 0 Å². The van der Waals surface area contributed by atoms with Gasteiger partial charge in [-0.3, -0.25) is 0 Å². The fraction of sp³-hybridized carbons (Fsp3) is 0.500. The maximum absolute atomic E-state index is 4.36. The summed E-state index contributed by atoms with van der Waals surface area (Å²) in [5.74, 6) is 0. The van der Waals surface area contributed by atoms with Gasteiger partial charge in [0.15, 0.2) is 0 Å². The zero-order chi connectivity index (χ0) is 7.78. The molecule has 0 nitrogen and oxygen atoms in total. The largest absolute Gasteiger partial charge is 0.157 e. The van der Waals surface area contributed by atoms with Crippen LogP contribution in [0.5, 0.6) is 0 Å². The topological polar surface area (TPSA) is 0 Å². The SMILES string of the molecule is CC1=CCC(S)(S)C=C1C. The Morgan fingerprint density at radius 3 is 2.30 bits per heavy atom. The normalized spacial score (nSPS) is 23.6. The van der Waals surface area contributed by atoms with E-state index in [9.17, 15) is 0 Å². The van der Waals surface area contributed by atoms with Crippen molar-refractivity contribution in [1.29, 1.82) is 0 Å². The van der Waals surface area contributed by atoms with Crippen LogP contribution in [0.25, 0.3) is 0 Å². The van der Waals surface area contributed by atoms with Crippen LogP contribution in [0, 0.1) is 0 Å². The van der Waals surface area contributed by atoms with E-state index in [1.807, 2.05) is 0 Å². The third-order valence-electron chi connectivity index (χ3n) is 1.78. The lowest BCUT2D eigenvalue weighted by molar-refractivity contribution is 0.965. The smallest absolute Gasteiger partial charge is 0.0773 e. The molecular formula is C8H12S2. The van der Waals surface area contributed by atoms with E-state index < -0.39 is 0 Å². The molecule has 10 heavy (non-hydrogen) atoms. The van der Waals surface area contributed by atoms with Crippen molar-refractivity contribution in [2.75, 3.05) is 0 Å². The van der Waals surface area contributed by atoms with Gasteiger partial charge in [0, 0.05) is 0 Å². The van der Waals surface area contributed by atoms with E-state index in [0.29, 0.717) is 0 Å². The molecule has 0 saturated carbocycles. The molecule has 0 aromatic rings. The first kappa shape index (κ1) is 8.28. The maximum Gasteiger partial charge on any atom is 0.0773 e. The van der Waals surface area contributed by atoms with E-state index in [1.54, 1.807) is 0 Å². The summed E-state index contributed by atoms with van der Waals surface area (Å²) in [6.45, 7) is 4.20. The number of allylic oxidation sites excluding steroid dienone is 3. The van der Waals surface area contributed by atoms with Crippen LogP contribution in [0.15, 0.2) is 23.3 Å². The molecule has 0 fully saturated rings. The van der Waals surface area contributed by atoms with Crippen LogP contribution in [0.1, 0.15) is 20.3 Å². The second kappa shape index (κ2) is 2.67. The minimum atomic E-state index is -0.219. The molecule has 0 bridgehead atoms. The summed E-state index contributed by atoms with van der Waals surface area (Å²) in [7, 11) is 0. The van der Waals surface area contributed by atoms with Crippen molar-refractivity contribution in [3.05, 3.63) is 23.3 Å². The molecule has 56 valence electrons. The van der Waals surface area contributed by atoms with Gasteiger partial charge >= 0.3 is 0 Å². The Morgan fingerprint density at radius 2 is 1.90 bits per heavy atom. The Bertz CT molecular complexity index is 199. The van der Waals surface area contributed by atoms with Crippen LogP contribution < -0.4 is 0 Å². The first-order valence-electron chi connectivity index (χ1n) is 3.33. The highest BCUT2D eigenvalue weighted by atomic mass is 32.2. The molecule has 0 amide bonds. The van der Waals surface area contributed by atoms with Crippen molar-refractivity contribution in [3.63, 3.8) is 0 Å². The Hall–Kier alpha value is 0.180. The van der Waals surface area contributed by atoms with Gasteiger partial charge in [-0.1, -0.05) is 23.3 Å². The molecule has 0 radical (unpaired) electrons. The lowest BCUT2D eigenvalue weighted by atomic mass is 10.0. The lowest BCUT2D eigenvalue weighted by Gasteiger charge is -2.22. The van der Waals surface area contributed by atoms with Crippen molar-refractivity contribution in [2.45, 2.75) is 24.3 Å². The zero-order valence-electron chi connectivity index (χ0n) is 6.26. The van der Waals surface area contributed by atoms with Crippen LogP contribution in [0.3, 0.4) is 0 Å². The van der Waals surface area contributed by atoms with E-state index in [-0.39, 0.29) is 4.08 Å². The summed E-state index contributed by atoms with van der Waals surface area (Å²) in [5, 5.41) is 0. The highest BCUT2D eigenvalue weighted by Crippen LogP contribution is 2.33. The molecule has 2 heteroatoms. The molecule has 0 saturated heterocycles. The summed E-state index contributed by atoms with van der Waals surface area (Å²) in [5.41, 5.74) is 2.63. The van der Waals surface area contributed by atoms with Crippen LogP contribution in [-0.4, -0.2) is 4.08 Å². The standard InChI is InChI=1S/C8H12S2/c1-6-3-4-8(9,10)5-7(6)2/h3,5,9-10H,4H2,1-2H3. The van der Waals surface area contributed by atoms with Crippen LogP contribution in [0.4, 0.5) is 0 Å². The lowest BCUT2D eigenvalue weighted by Crippen LogP contribution is -2.12. The Balaban J connectivity index is 2.87. The number of hydrogen-bond acceptors (Lipinski definition) is 2. The minimum Gasteiger partial charge on any atom is -0.157 e. The fourth-order valence-corrected chi connectivity index (χ4v) is 1.55. The molecule has 1 aliphatic carbocycles. The maximum atomic E-state index is 4.36. The van der Waals surface area contributed by atoms with Crippen molar-refractivity contribution in [1.82, 2.24) is 0 Å².